The highest BCUT2D eigenvalue weighted by Crippen LogP contribution is 2.31. The van der Waals surface area contributed by atoms with E-state index in [9.17, 15) is 0 Å². The topological polar surface area (TPSA) is 43.8 Å². The van der Waals surface area contributed by atoms with E-state index in [1.807, 2.05) is 6.07 Å². The van der Waals surface area contributed by atoms with Crippen LogP contribution in [0.2, 0.25) is 0 Å². The molecule has 1 aliphatic rings. The number of nitrogens with zero attached hydrogens (tertiary/aromatic N) is 2. The molecule has 3 heteroatoms. The number of benzene rings is 1. The lowest BCUT2D eigenvalue weighted by Crippen LogP contribution is -2.36. The molecule has 0 bridgehead atoms. The molecule has 1 aliphatic heterocycles. The minimum atomic E-state index is 0.244. The van der Waals surface area contributed by atoms with Crippen LogP contribution in [0, 0.1) is 6.92 Å². The largest absolute Gasteiger partial charge is 0.327 e. The summed E-state index contributed by atoms with van der Waals surface area (Å²) in [5.41, 5.74) is 9.69. The minimum absolute atomic E-state index is 0.244. The lowest BCUT2D eigenvalue weighted by Gasteiger charge is -2.29. The van der Waals surface area contributed by atoms with Crippen LogP contribution in [0.25, 0.3) is 11.3 Å². The molecule has 18 heavy (non-hydrogen) atoms. The van der Waals surface area contributed by atoms with Crippen molar-refractivity contribution in [3.8, 4) is 11.3 Å². The van der Waals surface area contributed by atoms with Crippen molar-refractivity contribution < 1.29 is 0 Å². The fourth-order valence-corrected chi connectivity index (χ4v) is 2.89. The van der Waals surface area contributed by atoms with Gasteiger partial charge in [0.1, 0.15) is 5.82 Å². The number of nitrogens with two attached hydrogens (primary N) is 1. The molecule has 2 unspecified atom stereocenters. The lowest BCUT2D eigenvalue weighted by atomic mass is 10.0. The summed E-state index contributed by atoms with van der Waals surface area (Å²) in [6, 6.07) is 11.0. The van der Waals surface area contributed by atoms with Crippen molar-refractivity contribution >= 4 is 0 Å². The summed E-state index contributed by atoms with van der Waals surface area (Å²) < 4.78 is 2.32. The van der Waals surface area contributed by atoms with Crippen molar-refractivity contribution in [2.75, 3.05) is 0 Å². The summed E-state index contributed by atoms with van der Waals surface area (Å²) in [5, 5.41) is 0. The molecule has 0 saturated carbocycles. The Balaban J connectivity index is 2.12. The maximum atomic E-state index is 6.16. The van der Waals surface area contributed by atoms with E-state index >= 15 is 0 Å². The maximum absolute atomic E-state index is 6.16. The molecule has 0 amide bonds. The van der Waals surface area contributed by atoms with E-state index in [4.69, 9.17) is 10.7 Å². The molecule has 2 N–H and O–H groups in total. The van der Waals surface area contributed by atoms with Crippen LogP contribution in [0.3, 0.4) is 0 Å². The van der Waals surface area contributed by atoms with E-state index < -0.39 is 0 Å². The molecule has 3 rings (SSSR count). The van der Waals surface area contributed by atoms with Gasteiger partial charge in [0.25, 0.3) is 0 Å². The zero-order chi connectivity index (χ0) is 12.7. The van der Waals surface area contributed by atoms with Crippen molar-refractivity contribution in [1.82, 2.24) is 9.55 Å². The molecule has 0 radical (unpaired) electrons. The van der Waals surface area contributed by atoms with Crippen LogP contribution in [0.15, 0.2) is 30.3 Å². The fourth-order valence-electron chi connectivity index (χ4n) is 2.89. The Kier molecular flexibility index (Phi) is 2.71. The molecular weight excluding hydrogens is 222 g/mol. The first-order valence-corrected chi connectivity index (χ1v) is 6.57. The van der Waals surface area contributed by atoms with Gasteiger partial charge in [0.05, 0.1) is 5.69 Å². The van der Waals surface area contributed by atoms with Gasteiger partial charge in [-0.2, -0.15) is 0 Å². The van der Waals surface area contributed by atoms with E-state index in [0.717, 1.165) is 18.5 Å². The molecule has 2 aromatic rings. The van der Waals surface area contributed by atoms with Crippen molar-refractivity contribution in [2.24, 2.45) is 5.73 Å². The highest BCUT2D eigenvalue weighted by molar-refractivity contribution is 5.62. The third-order valence-corrected chi connectivity index (χ3v) is 4.00. The predicted molar refractivity (Wildman–Crippen MR) is 73.4 cm³/mol. The number of hydrogen-bond donors (Lipinski definition) is 1. The summed E-state index contributed by atoms with van der Waals surface area (Å²) in [6.07, 6.45) is 2.02. The van der Waals surface area contributed by atoms with Crippen LogP contribution in [0.5, 0.6) is 0 Å². The Labute approximate surface area is 108 Å². The molecule has 2 atom stereocenters. The predicted octanol–water partition coefficient (Wildman–Crippen LogP) is 2.69. The van der Waals surface area contributed by atoms with Gasteiger partial charge in [-0.3, -0.25) is 0 Å². The van der Waals surface area contributed by atoms with Gasteiger partial charge in [-0.1, -0.05) is 30.3 Å². The van der Waals surface area contributed by atoms with Gasteiger partial charge in [0.15, 0.2) is 0 Å². The van der Waals surface area contributed by atoms with E-state index in [0.29, 0.717) is 6.04 Å². The van der Waals surface area contributed by atoms with Crippen molar-refractivity contribution in [1.29, 1.82) is 0 Å². The summed E-state index contributed by atoms with van der Waals surface area (Å²) >= 11 is 0. The number of rotatable bonds is 1. The highest BCUT2D eigenvalue weighted by atomic mass is 15.1. The molecule has 0 saturated heterocycles. The number of hydrogen-bond acceptors (Lipinski definition) is 2. The number of imidazole rings is 1. The number of aryl methyl sites for hydroxylation is 1. The average Bonchev–Trinajstić information content (AvgIpc) is 2.73. The highest BCUT2D eigenvalue weighted by Gasteiger charge is 2.27. The van der Waals surface area contributed by atoms with Gasteiger partial charge in [-0.05, 0) is 20.3 Å². The second-order valence-electron chi connectivity index (χ2n) is 5.14. The normalized spacial score (nSPS) is 22.8. The van der Waals surface area contributed by atoms with Crippen molar-refractivity contribution in [2.45, 2.75) is 38.8 Å². The summed E-state index contributed by atoms with van der Waals surface area (Å²) in [7, 11) is 0. The maximum Gasteiger partial charge on any atom is 0.109 e. The van der Waals surface area contributed by atoms with Gasteiger partial charge in [-0.15, -0.1) is 0 Å². The van der Waals surface area contributed by atoms with Crippen LogP contribution in [0.4, 0.5) is 0 Å². The third-order valence-electron chi connectivity index (χ3n) is 4.00. The minimum Gasteiger partial charge on any atom is -0.327 e. The van der Waals surface area contributed by atoms with Crippen LogP contribution >= 0.6 is 0 Å². The smallest absolute Gasteiger partial charge is 0.109 e. The zero-order valence-electron chi connectivity index (χ0n) is 10.9. The SMILES string of the molecule is Cc1c(-c2ccccc2)nc2n1C(C)C(N)CC2. The molecule has 3 nitrogen and oxygen atoms in total. The zero-order valence-corrected chi connectivity index (χ0v) is 10.9. The van der Waals surface area contributed by atoms with Crippen molar-refractivity contribution in [3.63, 3.8) is 0 Å². The van der Waals surface area contributed by atoms with E-state index in [-0.39, 0.29) is 6.04 Å². The number of fused-ring (bicyclic) bond motifs is 1. The quantitative estimate of drug-likeness (QED) is 0.834. The van der Waals surface area contributed by atoms with Gasteiger partial charge in [0.2, 0.25) is 0 Å². The van der Waals surface area contributed by atoms with Gasteiger partial charge < -0.3 is 10.3 Å². The first-order chi connectivity index (χ1) is 8.68. The van der Waals surface area contributed by atoms with Gasteiger partial charge in [-0.25, -0.2) is 4.98 Å². The van der Waals surface area contributed by atoms with Crippen molar-refractivity contribution in [3.05, 3.63) is 41.9 Å². The third kappa shape index (κ3) is 1.66. The summed E-state index contributed by atoms with van der Waals surface area (Å²) in [6.45, 7) is 4.34. The number of aromatic nitrogens is 2. The van der Waals surface area contributed by atoms with Crippen LogP contribution in [-0.2, 0) is 6.42 Å². The molecule has 1 aromatic heterocycles. The average molecular weight is 241 g/mol. The second-order valence-corrected chi connectivity index (χ2v) is 5.14. The molecular formula is C15H19N3. The Morgan fingerprint density at radius 3 is 2.72 bits per heavy atom. The molecule has 0 fully saturated rings. The Morgan fingerprint density at radius 2 is 2.00 bits per heavy atom. The van der Waals surface area contributed by atoms with Crippen LogP contribution in [-0.4, -0.2) is 15.6 Å². The molecule has 1 aromatic carbocycles. The molecule has 0 aliphatic carbocycles. The van der Waals surface area contributed by atoms with E-state index in [1.165, 1.54) is 17.1 Å². The lowest BCUT2D eigenvalue weighted by molar-refractivity contribution is 0.363. The first-order valence-electron chi connectivity index (χ1n) is 6.57. The summed E-state index contributed by atoms with van der Waals surface area (Å²) in [4.78, 5) is 4.81. The first kappa shape index (κ1) is 11.5. The van der Waals surface area contributed by atoms with Crippen LogP contribution in [0.1, 0.15) is 30.9 Å². The van der Waals surface area contributed by atoms with E-state index in [2.05, 4.69) is 42.7 Å². The standard InChI is InChI=1S/C15H19N3/c1-10-13(16)8-9-14-17-15(11(2)18(10)14)12-6-4-3-5-7-12/h3-7,10,13H,8-9,16H2,1-2H3. The molecule has 0 spiro atoms. The Bertz CT molecular complexity index is 557. The van der Waals surface area contributed by atoms with Crippen LogP contribution < -0.4 is 5.73 Å². The molecule has 2 heterocycles. The summed E-state index contributed by atoms with van der Waals surface area (Å²) in [5.74, 6) is 1.18. The van der Waals surface area contributed by atoms with Gasteiger partial charge >= 0.3 is 0 Å². The second kappa shape index (κ2) is 4.25. The fraction of sp³-hybridized carbons (Fsp3) is 0.400. The Morgan fingerprint density at radius 1 is 1.28 bits per heavy atom. The monoisotopic (exact) mass is 241 g/mol. The van der Waals surface area contributed by atoms with Gasteiger partial charge in [0, 0.05) is 29.8 Å². The van der Waals surface area contributed by atoms with E-state index in [1.54, 1.807) is 0 Å². The Hall–Kier alpha value is -1.61. The molecule has 94 valence electrons.